The number of benzene rings is 4. The summed E-state index contributed by atoms with van der Waals surface area (Å²) in [5.41, 5.74) is 3.67. The van der Waals surface area contributed by atoms with Gasteiger partial charge in [-0.3, -0.25) is 9.69 Å². The van der Waals surface area contributed by atoms with E-state index in [9.17, 15) is 4.79 Å². The van der Waals surface area contributed by atoms with E-state index in [0.717, 1.165) is 32.6 Å². The molecule has 0 saturated carbocycles. The highest BCUT2D eigenvalue weighted by Gasteiger charge is 2.33. The van der Waals surface area contributed by atoms with Crippen molar-refractivity contribution in [1.29, 1.82) is 0 Å². The van der Waals surface area contributed by atoms with E-state index in [0.29, 0.717) is 34.0 Å². The summed E-state index contributed by atoms with van der Waals surface area (Å²) >= 11 is 10.9. The van der Waals surface area contributed by atoms with Crippen LogP contribution < -0.4 is 9.47 Å². The lowest BCUT2D eigenvalue weighted by molar-refractivity contribution is -0.122. The predicted molar refractivity (Wildman–Crippen MR) is 163 cm³/mol. The van der Waals surface area contributed by atoms with Crippen LogP contribution in [0.15, 0.2) is 111 Å². The Morgan fingerprint density at radius 3 is 2.36 bits per heavy atom. The van der Waals surface area contributed by atoms with Crippen molar-refractivity contribution in [3.63, 3.8) is 0 Å². The Labute approximate surface area is 245 Å². The molecule has 196 valence electrons. The molecular formula is C31H24BrClN2O3S. The molecule has 1 amide bonds. The fourth-order valence-corrected chi connectivity index (χ4v) is 5.51. The molecule has 0 bridgehead atoms. The third-order valence-electron chi connectivity index (χ3n) is 5.93. The van der Waals surface area contributed by atoms with Crippen LogP contribution in [0, 0.1) is 0 Å². The molecule has 0 atom stereocenters. The monoisotopic (exact) mass is 618 g/mol. The number of hydrogen-bond acceptors (Lipinski definition) is 5. The van der Waals surface area contributed by atoms with Gasteiger partial charge in [-0.05, 0) is 99.0 Å². The Morgan fingerprint density at radius 1 is 0.949 bits per heavy atom. The first-order valence-electron chi connectivity index (χ1n) is 12.1. The molecule has 5 nitrogen and oxygen atoms in total. The number of carbonyl (C=O) groups is 1. The van der Waals surface area contributed by atoms with Gasteiger partial charge in [-0.2, -0.15) is 0 Å². The zero-order valence-electron chi connectivity index (χ0n) is 21.0. The first-order valence-corrected chi connectivity index (χ1v) is 14.1. The van der Waals surface area contributed by atoms with E-state index >= 15 is 0 Å². The Balaban J connectivity index is 1.37. The van der Waals surface area contributed by atoms with Gasteiger partial charge in [0.15, 0.2) is 5.17 Å². The number of thioether (sulfide) groups is 1. The van der Waals surface area contributed by atoms with Crippen LogP contribution in [0.3, 0.4) is 0 Å². The molecular weight excluding hydrogens is 596 g/mol. The zero-order valence-corrected chi connectivity index (χ0v) is 24.2. The molecule has 1 aliphatic heterocycles. The second-order valence-corrected chi connectivity index (χ2v) is 11.0. The number of aliphatic imine (C=N–C) groups is 1. The third kappa shape index (κ3) is 6.92. The molecule has 39 heavy (non-hydrogen) atoms. The van der Waals surface area contributed by atoms with Crippen molar-refractivity contribution >= 4 is 62.1 Å². The molecule has 5 rings (SSSR count). The SMILES string of the molecule is COc1ccc(CN2C(=O)/C(=C/c3ccc(OCc4ccc(Cl)cc4)c(Br)c3)SC2=Nc2ccccc2)cc1. The van der Waals surface area contributed by atoms with Crippen LogP contribution in [0.5, 0.6) is 11.5 Å². The maximum atomic E-state index is 13.6. The van der Waals surface area contributed by atoms with E-state index in [1.165, 1.54) is 11.8 Å². The van der Waals surface area contributed by atoms with Crippen molar-refractivity contribution in [3.05, 3.63) is 128 Å². The van der Waals surface area contributed by atoms with Crippen LogP contribution >= 0.6 is 39.3 Å². The van der Waals surface area contributed by atoms with Gasteiger partial charge < -0.3 is 9.47 Å². The molecule has 8 heteroatoms. The first-order chi connectivity index (χ1) is 19.0. The van der Waals surface area contributed by atoms with Gasteiger partial charge in [0.1, 0.15) is 18.1 Å². The van der Waals surface area contributed by atoms with Gasteiger partial charge in [0.2, 0.25) is 0 Å². The van der Waals surface area contributed by atoms with Gasteiger partial charge >= 0.3 is 0 Å². The molecule has 0 radical (unpaired) electrons. The van der Waals surface area contributed by atoms with Crippen LogP contribution in [0.4, 0.5) is 5.69 Å². The maximum absolute atomic E-state index is 13.6. The first kappa shape index (κ1) is 27.1. The van der Waals surface area contributed by atoms with Crippen molar-refractivity contribution < 1.29 is 14.3 Å². The molecule has 1 fully saturated rings. The van der Waals surface area contributed by atoms with E-state index in [-0.39, 0.29) is 5.91 Å². The van der Waals surface area contributed by atoms with Gasteiger partial charge in [0, 0.05) is 5.02 Å². The topological polar surface area (TPSA) is 51.1 Å². The minimum Gasteiger partial charge on any atom is -0.497 e. The van der Waals surface area contributed by atoms with Gasteiger partial charge in [-0.15, -0.1) is 0 Å². The number of hydrogen-bond donors (Lipinski definition) is 0. The quantitative estimate of drug-likeness (QED) is 0.186. The molecule has 0 N–H and O–H groups in total. The number of para-hydroxylation sites is 1. The summed E-state index contributed by atoms with van der Waals surface area (Å²) in [5.74, 6) is 1.39. The minimum absolute atomic E-state index is 0.0929. The summed E-state index contributed by atoms with van der Waals surface area (Å²) in [6, 6.07) is 30.7. The summed E-state index contributed by atoms with van der Waals surface area (Å²) in [7, 11) is 1.63. The maximum Gasteiger partial charge on any atom is 0.267 e. The lowest BCUT2D eigenvalue weighted by atomic mass is 10.2. The Morgan fingerprint density at radius 2 is 1.67 bits per heavy atom. The number of carbonyl (C=O) groups excluding carboxylic acids is 1. The molecule has 1 saturated heterocycles. The number of ether oxygens (including phenoxy) is 2. The van der Waals surface area contributed by atoms with Gasteiger partial charge in [0.25, 0.3) is 5.91 Å². The van der Waals surface area contributed by atoms with Crippen LogP contribution in [0.1, 0.15) is 16.7 Å². The van der Waals surface area contributed by atoms with Crippen LogP contribution in [0.25, 0.3) is 6.08 Å². The largest absolute Gasteiger partial charge is 0.497 e. The van der Waals surface area contributed by atoms with Gasteiger partial charge in [0.05, 0.1) is 28.7 Å². The number of methoxy groups -OCH3 is 1. The van der Waals surface area contributed by atoms with Gasteiger partial charge in [-0.25, -0.2) is 4.99 Å². The molecule has 0 aliphatic carbocycles. The molecule has 1 aliphatic rings. The fourth-order valence-electron chi connectivity index (χ4n) is 3.87. The van der Waals surface area contributed by atoms with E-state index in [4.69, 9.17) is 26.1 Å². The van der Waals surface area contributed by atoms with Crippen molar-refractivity contribution in [2.75, 3.05) is 7.11 Å². The lowest BCUT2D eigenvalue weighted by Crippen LogP contribution is -2.28. The summed E-state index contributed by atoms with van der Waals surface area (Å²) in [6.45, 7) is 0.824. The second-order valence-electron chi connectivity index (χ2n) is 8.68. The van der Waals surface area contributed by atoms with Crippen LogP contribution in [-0.2, 0) is 17.9 Å². The van der Waals surface area contributed by atoms with Crippen LogP contribution in [0.2, 0.25) is 5.02 Å². The molecule has 4 aromatic rings. The Bertz CT molecular complexity index is 1520. The van der Waals surface area contributed by atoms with Crippen molar-refractivity contribution in [2.24, 2.45) is 4.99 Å². The van der Waals surface area contributed by atoms with E-state index in [1.54, 1.807) is 12.0 Å². The Hall–Kier alpha value is -3.52. The standard InChI is InChI=1S/C31H24BrClN2O3S/c1-37-26-14-9-21(10-15-26)19-35-30(36)29(39-31(35)34-25-5-3-2-4-6-25)18-23-11-16-28(27(32)17-23)38-20-22-7-12-24(33)13-8-22/h2-18H,19-20H2,1H3/b29-18-,34-31?. The average molecular weight is 620 g/mol. The smallest absolute Gasteiger partial charge is 0.267 e. The molecule has 0 unspecified atom stereocenters. The summed E-state index contributed by atoms with van der Waals surface area (Å²) in [6.07, 6.45) is 1.88. The van der Waals surface area contributed by atoms with Crippen LogP contribution in [-0.4, -0.2) is 23.1 Å². The molecule has 0 spiro atoms. The number of amidine groups is 1. The van der Waals surface area contributed by atoms with Crippen molar-refractivity contribution in [2.45, 2.75) is 13.2 Å². The number of halogens is 2. The highest BCUT2D eigenvalue weighted by atomic mass is 79.9. The second kappa shape index (κ2) is 12.6. The molecule has 1 heterocycles. The summed E-state index contributed by atoms with van der Waals surface area (Å²) in [5, 5.41) is 1.33. The normalized spacial score (nSPS) is 15.3. The van der Waals surface area contributed by atoms with E-state index < -0.39 is 0 Å². The van der Waals surface area contributed by atoms with Gasteiger partial charge in [-0.1, -0.05) is 60.1 Å². The predicted octanol–water partition coefficient (Wildman–Crippen LogP) is 8.49. The minimum atomic E-state index is -0.0929. The third-order valence-corrected chi connectivity index (χ3v) is 7.81. The lowest BCUT2D eigenvalue weighted by Gasteiger charge is -2.16. The highest BCUT2D eigenvalue weighted by molar-refractivity contribution is 9.10. The molecule has 4 aromatic carbocycles. The van der Waals surface area contributed by atoms with Crippen molar-refractivity contribution in [3.8, 4) is 11.5 Å². The van der Waals surface area contributed by atoms with Crippen molar-refractivity contribution in [1.82, 2.24) is 4.90 Å². The number of amides is 1. The van der Waals surface area contributed by atoms with E-state index in [1.807, 2.05) is 103 Å². The average Bonchev–Trinajstić information content (AvgIpc) is 3.23. The summed E-state index contributed by atoms with van der Waals surface area (Å²) in [4.78, 5) is 20.7. The number of rotatable bonds is 8. The number of nitrogens with zero attached hydrogens (tertiary/aromatic N) is 2. The zero-order chi connectivity index (χ0) is 27.2. The summed E-state index contributed by atoms with van der Waals surface area (Å²) < 4.78 is 12.0. The highest BCUT2D eigenvalue weighted by Crippen LogP contribution is 2.36. The Kier molecular flexibility index (Phi) is 8.71. The fraction of sp³-hybridized carbons (Fsp3) is 0.0968. The van der Waals surface area contributed by atoms with E-state index in [2.05, 4.69) is 15.9 Å². The molecule has 0 aromatic heterocycles.